The Kier molecular flexibility index (Phi) is 6.73. The molecular formula is C14H18N2O5. The molecule has 2 amide bonds. The number of esters is 1. The van der Waals surface area contributed by atoms with Crippen molar-refractivity contribution < 1.29 is 23.9 Å². The molecule has 7 heteroatoms. The van der Waals surface area contributed by atoms with Crippen LogP contribution in [0, 0.1) is 0 Å². The molecule has 0 heterocycles. The highest BCUT2D eigenvalue weighted by molar-refractivity contribution is 5.93. The van der Waals surface area contributed by atoms with E-state index in [2.05, 4.69) is 15.4 Å². The Morgan fingerprint density at radius 1 is 1.00 bits per heavy atom. The van der Waals surface area contributed by atoms with E-state index in [4.69, 9.17) is 4.74 Å². The summed E-state index contributed by atoms with van der Waals surface area (Å²) in [6.07, 6.45) is -0.468. The largest absolute Gasteiger partial charge is 0.466 e. The number of nitrogens with one attached hydrogen (secondary N) is 2. The van der Waals surface area contributed by atoms with E-state index in [1.165, 1.54) is 7.11 Å². The van der Waals surface area contributed by atoms with Crippen LogP contribution in [0.3, 0.4) is 0 Å². The Morgan fingerprint density at radius 2 is 1.57 bits per heavy atom. The molecule has 0 unspecified atom stereocenters. The molecule has 0 bridgehead atoms. The average molecular weight is 294 g/mol. The molecular weight excluding hydrogens is 276 g/mol. The molecule has 0 spiro atoms. The molecule has 0 radical (unpaired) electrons. The first-order valence-electron chi connectivity index (χ1n) is 6.45. The second-order valence-corrected chi connectivity index (χ2v) is 4.05. The maximum atomic E-state index is 11.6. The van der Waals surface area contributed by atoms with Gasteiger partial charge in [0.05, 0.1) is 20.1 Å². The van der Waals surface area contributed by atoms with E-state index in [0.717, 1.165) is 0 Å². The standard InChI is InChI=1S/C14H18N2O5/c1-3-21-13(18)9-8-12(17)15-10-4-6-11(7-5-10)16-14(19)20-2/h4-7H,3,8-9H2,1-2H3,(H,15,17)(H,16,19). The van der Waals surface area contributed by atoms with Crippen LogP contribution in [0.2, 0.25) is 0 Å². The highest BCUT2D eigenvalue weighted by atomic mass is 16.5. The fourth-order valence-electron chi connectivity index (χ4n) is 1.48. The summed E-state index contributed by atoms with van der Waals surface area (Å²) in [5.41, 5.74) is 1.12. The first-order valence-corrected chi connectivity index (χ1v) is 6.45. The van der Waals surface area contributed by atoms with Gasteiger partial charge >= 0.3 is 12.1 Å². The van der Waals surface area contributed by atoms with Gasteiger partial charge in [-0.05, 0) is 31.2 Å². The molecule has 21 heavy (non-hydrogen) atoms. The highest BCUT2D eigenvalue weighted by Crippen LogP contribution is 2.14. The number of carbonyl (C=O) groups is 3. The van der Waals surface area contributed by atoms with Crippen LogP contribution in [0.25, 0.3) is 0 Å². The van der Waals surface area contributed by atoms with E-state index in [1.54, 1.807) is 31.2 Å². The Hall–Kier alpha value is -2.57. The average Bonchev–Trinajstić information content (AvgIpc) is 2.47. The minimum atomic E-state index is -0.568. The normalized spacial score (nSPS) is 9.62. The molecule has 1 aromatic carbocycles. The van der Waals surface area contributed by atoms with Crippen molar-refractivity contribution in [3.05, 3.63) is 24.3 Å². The number of rotatable bonds is 6. The molecule has 0 aromatic heterocycles. The summed E-state index contributed by atoms with van der Waals surface area (Å²) >= 11 is 0. The number of ether oxygens (including phenoxy) is 2. The van der Waals surface area contributed by atoms with Gasteiger partial charge in [0, 0.05) is 17.8 Å². The van der Waals surface area contributed by atoms with Crippen LogP contribution in [0.15, 0.2) is 24.3 Å². The zero-order valence-electron chi connectivity index (χ0n) is 12.0. The lowest BCUT2D eigenvalue weighted by Gasteiger charge is -2.07. The summed E-state index contributed by atoms with van der Waals surface area (Å²) in [6, 6.07) is 6.51. The van der Waals surface area contributed by atoms with Crippen molar-refractivity contribution in [3.63, 3.8) is 0 Å². The quantitative estimate of drug-likeness (QED) is 0.784. The summed E-state index contributed by atoms with van der Waals surface area (Å²) < 4.78 is 9.19. The Balaban J connectivity index is 2.42. The Labute approximate surface area is 122 Å². The fraction of sp³-hybridized carbons (Fsp3) is 0.357. The monoisotopic (exact) mass is 294 g/mol. The predicted octanol–water partition coefficient (Wildman–Crippen LogP) is 2.15. The number of hydrogen-bond donors (Lipinski definition) is 2. The second-order valence-electron chi connectivity index (χ2n) is 4.05. The molecule has 0 saturated carbocycles. The Morgan fingerprint density at radius 3 is 2.10 bits per heavy atom. The lowest BCUT2D eigenvalue weighted by molar-refractivity contribution is -0.144. The highest BCUT2D eigenvalue weighted by Gasteiger charge is 2.08. The summed E-state index contributed by atoms with van der Waals surface area (Å²) in [7, 11) is 1.27. The van der Waals surface area contributed by atoms with Crippen molar-refractivity contribution in [2.45, 2.75) is 19.8 Å². The first-order chi connectivity index (χ1) is 10.0. The van der Waals surface area contributed by atoms with Crippen molar-refractivity contribution in [1.82, 2.24) is 0 Å². The van der Waals surface area contributed by atoms with Gasteiger partial charge < -0.3 is 14.8 Å². The van der Waals surface area contributed by atoms with Gasteiger partial charge in [-0.25, -0.2) is 4.79 Å². The molecule has 7 nitrogen and oxygen atoms in total. The molecule has 0 aliphatic heterocycles. The van der Waals surface area contributed by atoms with E-state index < -0.39 is 12.1 Å². The molecule has 0 atom stereocenters. The number of amides is 2. The fourth-order valence-corrected chi connectivity index (χ4v) is 1.48. The van der Waals surface area contributed by atoms with Crippen LogP contribution >= 0.6 is 0 Å². The molecule has 0 fully saturated rings. The van der Waals surface area contributed by atoms with Gasteiger partial charge in [-0.15, -0.1) is 0 Å². The van der Waals surface area contributed by atoms with Crippen LogP contribution in [0.1, 0.15) is 19.8 Å². The Bertz CT molecular complexity index is 499. The molecule has 1 rings (SSSR count). The number of hydrogen-bond acceptors (Lipinski definition) is 5. The minimum Gasteiger partial charge on any atom is -0.466 e. The molecule has 1 aromatic rings. The van der Waals surface area contributed by atoms with Gasteiger partial charge in [-0.2, -0.15) is 0 Å². The predicted molar refractivity (Wildman–Crippen MR) is 77.0 cm³/mol. The number of anilines is 2. The van der Waals surface area contributed by atoms with Gasteiger partial charge in [0.2, 0.25) is 5.91 Å². The third-order valence-electron chi connectivity index (χ3n) is 2.46. The SMILES string of the molecule is CCOC(=O)CCC(=O)Nc1ccc(NC(=O)OC)cc1. The lowest BCUT2D eigenvalue weighted by Crippen LogP contribution is -2.14. The van der Waals surface area contributed by atoms with Crippen molar-refractivity contribution in [2.75, 3.05) is 24.4 Å². The first kappa shape index (κ1) is 16.5. The van der Waals surface area contributed by atoms with Crippen molar-refractivity contribution in [1.29, 1.82) is 0 Å². The van der Waals surface area contributed by atoms with Gasteiger partial charge in [0.1, 0.15) is 0 Å². The third kappa shape index (κ3) is 6.42. The molecule has 0 aliphatic carbocycles. The number of carbonyl (C=O) groups excluding carboxylic acids is 3. The maximum absolute atomic E-state index is 11.6. The lowest BCUT2D eigenvalue weighted by atomic mass is 10.2. The molecule has 2 N–H and O–H groups in total. The third-order valence-corrected chi connectivity index (χ3v) is 2.46. The van der Waals surface area contributed by atoms with E-state index in [1.807, 2.05) is 0 Å². The van der Waals surface area contributed by atoms with Crippen molar-refractivity contribution in [2.24, 2.45) is 0 Å². The summed E-state index contributed by atoms with van der Waals surface area (Å²) in [5.74, 6) is -0.679. The zero-order valence-corrected chi connectivity index (χ0v) is 12.0. The topological polar surface area (TPSA) is 93.7 Å². The van der Waals surface area contributed by atoms with Crippen molar-refractivity contribution in [3.8, 4) is 0 Å². The molecule has 0 saturated heterocycles. The molecule has 114 valence electrons. The van der Waals surface area contributed by atoms with Crippen LogP contribution in [-0.2, 0) is 19.1 Å². The molecule has 0 aliphatic rings. The van der Waals surface area contributed by atoms with Gasteiger partial charge in [-0.3, -0.25) is 14.9 Å². The summed E-state index contributed by atoms with van der Waals surface area (Å²) in [4.78, 5) is 33.7. The maximum Gasteiger partial charge on any atom is 0.411 e. The van der Waals surface area contributed by atoms with E-state index >= 15 is 0 Å². The number of methoxy groups -OCH3 is 1. The summed E-state index contributed by atoms with van der Waals surface area (Å²) in [5, 5.41) is 5.13. The van der Waals surface area contributed by atoms with Gasteiger partial charge in [0.15, 0.2) is 0 Å². The van der Waals surface area contributed by atoms with Crippen LogP contribution < -0.4 is 10.6 Å². The zero-order chi connectivity index (χ0) is 15.7. The van der Waals surface area contributed by atoms with Gasteiger partial charge in [0.25, 0.3) is 0 Å². The second kappa shape index (κ2) is 8.57. The number of benzene rings is 1. The smallest absolute Gasteiger partial charge is 0.411 e. The van der Waals surface area contributed by atoms with Crippen molar-refractivity contribution >= 4 is 29.3 Å². The van der Waals surface area contributed by atoms with Crippen LogP contribution in [0.5, 0.6) is 0 Å². The van der Waals surface area contributed by atoms with Gasteiger partial charge in [-0.1, -0.05) is 0 Å². The minimum absolute atomic E-state index is 0.0433. The van der Waals surface area contributed by atoms with E-state index in [0.29, 0.717) is 18.0 Å². The van der Waals surface area contributed by atoms with E-state index in [9.17, 15) is 14.4 Å². The van der Waals surface area contributed by atoms with E-state index in [-0.39, 0.29) is 18.7 Å². The van der Waals surface area contributed by atoms with Crippen LogP contribution in [-0.4, -0.2) is 31.7 Å². The summed E-state index contributed by atoms with van der Waals surface area (Å²) in [6.45, 7) is 2.01. The van der Waals surface area contributed by atoms with Crippen LogP contribution in [0.4, 0.5) is 16.2 Å².